The Hall–Kier alpha value is -2.57. The second-order valence-corrected chi connectivity index (χ2v) is 7.12. The van der Waals surface area contributed by atoms with Crippen molar-refractivity contribution in [2.75, 3.05) is 18.0 Å². The molecule has 1 aromatic carbocycles. The van der Waals surface area contributed by atoms with E-state index < -0.39 is 0 Å². The maximum absolute atomic E-state index is 12.5. The van der Waals surface area contributed by atoms with E-state index in [-0.39, 0.29) is 18.0 Å². The van der Waals surface area contributed by atoms with Gasteiger partial charge in [0.2, 0.25) is 11.9 Å². The molecule has 0 saturated heterocycles. The van der Waals surface area contributed by atoms with Gasteiger partial charge in [-0.15, -0.1) is 0 Å². The van der Waals surface area contributed by atoms with Crippen LogP contribution in [0, 0.1) is 0 Å². The van der Waals surface area contributed by atoms with E-state index in [9.17, 15) is 9.59 Å². The van der Waals surface area contributed by atoms with Crippen LogP contribution in [0.15, 0.2) is 24.3 Å². The highest BCUT2D eigenvalue weighted by Crippen LogP contribution is 2.26. The second-order valence-electron chi connectivity index (χ2n) is 7.12. The summed E-state index contributed by atoms with van der Waals surface area (Å²) >= 11 is 0. The van der Waals surface area contributed by atoms with Crippen molar-refractivity contribution in [3.05, 3.63) is 24.3 Å². The van der Waals surface area contributed by atoms with Crippen molar-refractivity contribution in [2.24, 2.45) is 0 Å². The molecule has 0 bridgehead atoms. The Morgan fingerprint density at radius 1 is 1.19 bits per heavy atom. The lowest BCUT2D eigenvalue weighted by Gasteiger charge is -2.15. The molecule has 1 atom stereocenters. The number of aromatic nitrogens is 2. The zero-order valence-corrected chi connectivity index (χ0v) is 16.2. The van der Waals surface area contributed by atoms with Crippen LogP contribution in [0.5, 0.6) is 0 Å². The normalized spacial score (nSPS) is 14.2. The number of anilines is 1. The van der Waals surface area contributed by atoms with Crippen LogP contribution in [0.4, 0.5) is 10.7 Å². The Labute approximate surface area is 160 Å². The monoisotopic (exact) mass is 371 g/mol. The number of rotatable bonds is 8. The van der Waals surface area contributed by atoms with Crippen LogP contribution in [0.25, 0.3) is 11.0 Å². The Bertz CT molecular complexity index is 801. The Morgan fingerprint density at radius 3 is 2.81 bits per heavy atom. The van der Waals surface area contributed by atoms with Crippen molar-refractivity contribution < 1.29 is 9.59 Å². The fraction of sp³-hybridized carbons (Fsp3) is 0.550. The van der Waals surface area contributed by atoms with Gasteiger partial charge in [0.25, 0.3) is 0 Å². The van der Waals surface area contributed by atoms with Crippen LogP contribution in [0.1, 0.15) is 46.0 Å². The zero-order chi connectivity index (χ0) is 19.2. The third kappa shape index (κ3) is 4.59. The van der Waals surface area contributed by atoms with Gasteiger partial charge in [0.15, 0.2) is 0 Å². The SMILES string of the molecule is CC[C@H](C)NC(=O)CCCCCNC(=O)N1CCn2c1nc1ccccc12. The van der Waals surface area contributed by atoms with E-state index in [0.717, 1.165) is 49.2 Å². The molecule has 1 aromatic heterocycles. The molecule has 3 rings (SSSR count). The van der Waals surface area contributed by atoms with E-state index in [1.807, 2.05) is 31.2 Å². The summed E-state index contributed by atoms with van der Waals surface area (Å²) in [5, 5.41) is 5.94. The minimum Gasteiger partial charge on any atom is -0.354 e. The number of hydrogen-bond donors (Lipinski definition) is 2. The lowest BCUT2D eigenvalue weighted by atomic mass is 10.1. The number of para-hydroxylation sites is 2. The zero-order valence-electron chi connectivity index (χ0n) is 16.2. The molecule has 2 heterocycles. The minimum absolute atomic E-state index is 0.0985. The standard InChI is InChI=1S/C20H29N5O2/c1-3-15(2)22-18(26)11-5-4-8-12-21-20(27)25-14-13-24-17-10-7-6-9-16(17)23-19(24)25/h6-7,9-10,15H,3-5,8,11-14H2,1-2H3,(H,21,27)(H,22,26)/t15-/m0/s1. The van der Waals surface area contributed by atoms with E-state index in [1.165, 1.54) is 0 Å². The van der Waals surface area contributed by atoms with Crippen molar-refractivity contribution in [3.63, 3.8) is 0 Å². The first-order valence-corrected chi connectivity index (χ1v) is 9.90. The number of carbonyl (C=O) groups is 2. The molecule has 0 spiro atoms. The summed E-state index contributed by atoms with van der Waals surface area (Å²) in [6, 6.07) is 8.08. The highest BCUT2D eigenvalue weighted by Gasteiger charge is 2.27. The molecule has 7 nitrogen and oxygen atoms in total. The third-order valence-electron chi connectivity index (χ3n) is 5.04. The van der Waals surface area contributed by atoms with Gasteiger partial charge in [-0.05, 0) is 38.3 Å². The number of unbranched alkanes of at least 4 members (excludes halogenated alkanes) is 2. The highest BCUT2D eigenvalue weighted by atomic mass is 16.2. The maximum Gasteiger partial charge on any atom is 0.324 e. The van der Waals surface area contributed by atoms with Crippen LogP contribution in [-0.4, -0.2) is 40.6 Å². The number of amides is 3. The average Bonchev–Trinajstić information content (AvgIpc) is 3.23. The van der Waals surface area contributed by atoms with Crippen LogP contribution in [0.2, 0.25) is 0 Å². The number of fused-ring (bicyclic) bond motifs is 3. The Balaban J connectivity index is 1.38. The van der Waals surface area contributed by atoms with E-state index in [4.69, 9.17) is 0 Å². The van der Waals surface area contributed by atoms with Gasteiger partial charge in [0.1, 0.15) is 0 Å². The molecular weight excluding hydrogens is 342 g/mol. The summed E-state index contributed by atoms with van der Waals surface area (Å²) in [7, 11) is 0. The van der Waals surface area contributed by atoms with Gasteiger partial charge in [-0.2, -0.15) is 0 Å². The fourth-order valence-corrected chi connectivity index (χ4v) is 3.31. The maximum atomic E-state index is 12.5. The van der Waals surface area contributed by atoms with Crippen LogP contribution < -0.4 is 15.5 Å². The molecule has 3 amide bonds. The summed E-state index contributed by atoms with van der Waals surface area (Å²) in [5.41, 5.74) is 1.99. The van der Waals surface area contributed by atoms with Crippen molar-refractivity contribution in [2.45, 2.75) is 58.5 Å². The van der Waals surface area contributed by atoms with E-state index >= 15 is 0 Å². The first-order valence-electron chi connectivity index (χ1n) is 9.90. The molecule has 2 N–H and O–H groups in total. The van der Waals surface area contributed by atoms with E-state index in [2.05, 4.69) is 27.1 Å². The van der Waals surface area contributed by atoms with Gasteiger partial charge < -0.3 is 15.2 Å². The molecule has 0 aliphatic carbocycles. The lowest BCUT2D eigenvalue weighted by molar-refractivity contribution is -0.121. The molecule has 0 radical (unpaired) electrons. The summed E-state index contributed by atoms with van der Waals surface area (Å²) in [4.78, 5) is 30.5. The minimum atomic E-state index is -0.0985. The molecule has 0 saturated carbocycles. The molecule has 2 aromatic rings. The number of nitrogens with one attached hydrogen (secondary N) is 2. The molecular formula is C20H29N5O2. The van der Waals surface area contributed by atoms with Gasteiger partial charge in [-0.25, -0.2) is 9.78 Å². The quantitative estimate of drug-likeness (QED) is 0.700. The topological polar surface area (TPSA) is 79.3 Å². The smallest absolute Gasteiger partial charge is 0.324 e. The average molecular weight is 371 g/mol. The first-order chi connectivity index (χ1) is 13.1. The van der Waals surface area contributed by atoms with Crippen molar-refractivity contribution in [1.29, 1.82) is 0 Å². The number of carbonyl (C=O) groups excluding carboxylic acids is 2. The lowest BCUT2D eigenvalue weighted by Crippen LogP contribution is -2.39. The van der Waals surface area contributed by atoms with Gasteiger partial charge >= 0.3 is 6.03 Å². The molecule has 0 unspecified atom stereocenters. The molecule has 27 heavy (non-hydrogen) atoms. The fourth-order valence-electron chi connectivity index (χ4n) is 3.31. The molecule has 146 valence electrons. The number of nitrogens with zero attached hydrogens (tertiary/aromatic N) is 3. The number of benzene rings is 1. The second kappa shape index (κ2) is 8.88. The highest BCUT2D eigenvalue weighted by molar-refractivity contribution is 5.93. The third-order valence-corrected chi connectivity index (χ3v) is 5.04. The largest absolute Gasteiger partial charge is 0.354 e. The van der Waals surface area contributed by atoms with E-state index in [1.54, 1.807) is 4.90 Å². The molecule has 7 heteroatoms. The first kappa shape index (κ1) is 19.2. The van der Waals surface area contributed by atoms with Crippen molar-refractivity contribution in [3.8, 4) is 0 Å². The Kier molecular flexibility index (Phi) is 6.32. The number of hydrogen-bond acceptors (Lipinski definition) is 3. The Morgan fingerprint density at radius 2 is 2.00 bits per heavy atom. The summed E-state index contributed by atoms with van der Waals surface area (Å²) < 4.78 is 2.09. The van der Waals surface area contributed by atoms with E-state index in [0.29, 0.717) is 19.5 Å². The van der Waals surface area contributed by atoms with Gasteiger partial charge in [-0.3, -0.25) is 9.69 Å². The number of urea groups is 1. The van der Waals surface area contributed by atoms with Gasteiger partial charge in [-0.1, -0.05) is 25.5 Å². The summed E-state index contributed by atoms with van der Waals surface area (Å²) in [6.45, 7) is 6.11. The predicted octanol–water partition coefficient (Wildman–Crippen LogP) is 3.04. The van der Waals surface area contributed by atoms with Crippen molar-refractivity contribution in [1.82, 2.24) is 20.2 Å². The van der Waals surface area contributed by atoms with Crippen LogP contribution >= 0.6 is 0 Å². The van der Waals surface area contributed by atoms with Gasteiger partial charge in [0, 0.05) is 32.1 Å². The van der Waals surface area contributed by atoms with Crippen LogP contribution in [-0.2, 0) is 11.3 Å². The molecule has 1 aliphatic heterocycles. The van der Waals surface area contributed by atoms with Crippen LogP contribution in [0.3, 0.4) is 0 Å². The van der Waals surface area contributed by atoms with Gasteiger partial charge in [0.05, 0.1) is 11.0 Å². The number of imidazole rings is 1. The van der Waals surface area contributed by atoms with Crippen molar-refractivity contribution >= 4 is 28.9 Å². The predicted molar refractivity (Wildman–Crippen MR) is 107 cm³/mol. The molecule has 0 fully saturated rings. The molecule has 1 aliphatic rings. The summed E-state index contributed by atoms with van der Waals surface area (Å²) in [6.07, 6.45) is 4.13. The summed E-state index contributed by atoms with van der Waals surface area (Å²) in [5.74, 6) is 0.833.